The Morgan fingerprint density at radius 1 is 1.62 bits per heavy atom. The molecular weight excluding hydrogens is 168 g/mol. The molecule has 2 rings (SSSR count). The largest absolute Gasteiger partial charge is 0.488 e. The Labute approximate surface area is 76.7 Å². The van der Waals surface area contributed by atoms with E-state index in [9.17, 15) is 0 Å². The van der Waals surface area contributed by atoms with Crippen molar-refractivity contribution in [2.45, 2.75) is 12.5 Å². The number of nitrogens with two attached hydrogens (primary N) is 1. The molecule has 70 valence electrons. The second-order valence-electron chi connectivity index (χ2n) is 3.02. The predicted octanol–water partition coefficient (Wildman–Crippen LogP) is 0.831. The lowest BCUT2D eigenvalue weighted by Crippen LogP contribution is -2.15. The minimum absolute atomic E-state index is 0.168. The van der Waals surface area contributed by atoms with Gasteiger partial charge in [-0.15, -0.1) is 0 Å². The molecule has 0 aromatic carbocycles. The first kappa shape index (κ1) is 8.31. The van der Waals surface area contributed by atoms with Crippen molar-refractivity contribution in [3.05, 3.63) is 18.3 Å². The molecule has 1 aliphatic rings. The van der Waals surface area contributed by atoms with Crippen LogP contribution in [0, 0.1) is 0 Å². The van der Waals surface area contributed by atoms with Crippen molar-refractivity contribution in [3.63, 3.8) is 0 Å². The summed E-state index contributed by atoms with van der Waals surface area (Å²) < 4.78 is 10.8. The van der Waals surface area contributed by atoms with Crippen LogP contribution in [0.3, 0.4) is 0 Å². The van der Waals surface area contributed by atoms with Crippen LogP contribution in [0.4, 0.5) is 5.82 Å². The van der Waals surface area contributed by atoms with Crippen molar-refractivity contribution in [1.82, 2.24) is 4.98 Å². The van der Waals surface area contributed by atoms with Gasteiger partial charge in [0.2, 0.25) is 0 Å². The quantitative estimate of drug-likeness (QED) is 0.732. The van der Waals surface area contributed by atoms with E-state index in [1.54, 1.807) is 18.3 Å². The van der Waals surface area contributed by atoms with Crippen LogP contribution in [-0.2, 0) is 4.74 Å². The van der Waals surface area contributed by atoms with Gasteiger partial charge in [-0.3, -0.25) is 0 Å². The van der Waals surface area contributed by atoms with Crippen LogP contribution in [0.1, 0.15) is 6.42 Å². The molecule has 13 heavy (non-hydrogen) atoms. The highest BCUT2D eigenvalue weighted by Crippen LogP contribution is 2.17. The van der Waals surface area contributed by atoms with E-state index in [0.717, 1.165) is 18.8 Å². The maximum atomic E-state index is 5.61. The van der Waals surface area contributed by atoms with Crippen molar-refractivity contribution in [2.75, 3.05) is 18.9 Å². The number of ether oxygens (including phenoxy) is 2. The van der Waals surface area contributed by atoms with Crippen LogP contribution in [0.15, 0.2) is 18.3 Å². The highest BCUT2D eigenvalue weighted by atomic mass is 16.5. The van der Waals surface area contributed by atoms with Crippen LogP contribution >= 0.6 is 0 Å². The van der Waals surface area contributed by atoms with Crippen LogP contribution in [0.2, 0.25) is 0 Å². The molecule has 0 amide bonds. The first-order valence-electron chi connectivity index (χ1n) is 4.30. The lowest BCUT2D eigenvalue weighted by molar-refractivity contribution is 0.141. The molecule has 1 fully saturated rings. The first-order chi connectivity index (χ1) is 6.34. The Hall–Kier alpha value is -1.29. The monoisotopic (exact) mass is 180 g/mol. The highest BCUT2D eigenvalue weighted by molar-refractivity contribution is 5.35. The molecule has 1 aliphatic heterocycles. The normalized spacial score (nSPS) is 21.7. The van der Waals surface area contributed by atoms with Crippen molar-refractivity contribution >= 4 is 5.82 Å². The number of hydrogen-bond donors (Lipinski definition) is 1. The molecule has 0 aliphatic carbocycles. The molecule has 2 N–H and O–H groups in total. The van der Waals surface area contributed by atoms with Crippen LogP contribution in [0.25, 0.3) is 0 Å². The van der Waals surface area contributed by atoms with Gasteiger partial charge < -0.3 is 15.2 Å². The lowest BCUT2D eigenvalue weighted by Gasteiger charge is -2.11. The van der Waals surface area contributed by atoms with E-state index in [2.05, 4.69) is 4.98 Å². The second-order valence-corrected chi connectivity index (χ2v) is 3.02. The molecule has 0 bridgehead atoms. The van der Waals surface area contributed by atoms with Gasteiger partial charge in [0.1, 0.15) is 17.7 Å². The predicted molar refractivity (Wildman–Crippen MR) is 48.5 cm³/mol. The molecule has 4 nitrogen and oxygen atoms in total. The van der Waals surface area contributed by atoms with Gasteiger partial charge in [0.05, 0.1) is 13.2 Å². The summed E-state index contributed by atoms with van der Waals surface area (Å²) in [6.45, 7) is 1.45. The van der Waals surface area contributed by atoms with Gasteiger partial charge in [-0.2, -0.15) is 0 Å². The molecule has 2 heterocycles. The number of nitrogens with zero attached hydrogens (tertiary/aromatic N) is 1. The molecular formula is C9H12N2O2. The van der Waals surface area contributed by atoms with Gasteiger partial charge in [-0.05, 0) is 6.07 Å². The third kappa shape index (κ3) is 2.09. The summed E-state index contributed by atoms with van der Waals surface area (Å²) >= 11 is 0. The van der Waals surface area contributed by atoms with Gasteiger partial charge in [-0.1, -0.05) is 0 Å². The van der Waals surface area contributed by atoms with E-state index >= 15 is 0 Å². The zero-order valence-corrected chi connectivity index (χ0v) is 7.27. The van der Waals surface area contributed by atoms with Crippen molar-refractivity contribution in [3.8, 4) is 5.75 Å². The SMILES string of the molecule is Nc1cc(OC2CCOC2)ccn1. The second kappa shape index (κ2) is 3.62. The topological polar surface area (TPSA) is 57.4 Å². The van der Waals surface area contributed by atoms with Gasteiger partial charge in [0.15, 0.2) is 0 Å². The van der Waals surface area contributed by atoms with Crippen molar-refractivity contribution in [1.29, 1.82) is 0 Å². The number of nitrogen functional groups attached to an aromatic ring is 1. The summed E-state index contributed by atoms with van der Waals surface area (Å²) in [5.41, 5.74) is 5.51. The van der Waals surface area contributed by atoms with Crippen LogP contribution in [0.5, 0.6) is 5.75 Å². The number of rotatable bonds is 2. The molecule has 1 aromatic rings. The van der Waals surface area contributed by atoms with Gasteiger partial charge in [0, 0.05) is 18.7 Å². The Kier molecular flexibility index (Phi) is 2.31. The smallest absolute Gasteiger partial charge is 0.126 e. The number of hydrogen-bond acceptors (Lipinski definition) is 4. The van der Waals surface area contributed by atoms with E-state index in [-0.39, 0.29) is 6.10 Å². The van der Waals surface area contributed by atoms with E-state index < -0.39 is 0 Å². The summed E-state index contributed by atoms with van der Waals surface area (Å²) in [7, 11) is 0. The van der Waals surface area contributed by atoms with Gasteiger partial charge in [-0.25, -0.2) is 4.98 Å². The van der Waals surface area contributed by atoms with E-state index in [1.165, 1.54) is 0 Å². The molecule has 1 saturated heterocycles. The van der Waals surface area contributed by atoms with Gasteiger partial charge in [0.25, 0.3) is 0 Å². The Morgan fingerprint density at radius 2 is 2.54 bits per heavy atom. The van der Waals surface area contributed by atoms with Gasteiger partial charge >= 0.3 is 0 Å². The summed E-state index contributed by atoms with van der Waals surface area (Å²) in [6.07, 6.45) is 2.75. The summed E-state index contributed by atoms with van der Waals surface area (Å²) in [5.74, 6) is 1.25. The maximum absolute atomic E-state index is 5.61. The van der Waals surface area contributed by atoms with Crippen LogP contribution < -0.4 is 10.5 Å². The molecule has 1 unspecified atom stereocenters. The maximum Gasteiger partial charge on any atom is 0.126 e. The number of aromatic nitrogens is 1. The number of pyridine rings is 1. The molecule has 0 radical (unpaired) electrons. The Morgan fingerprint density at radius 3 is 3.23 bits per heavy atom. The summed E-state index contributed by atoms with van der Waals surface area (Å²) in [5, 5.41) is 0. The molecule has 4 heteroatoms. The molecule has 0 saturated carbocycles. The molecule has 1 atom stereocenters. The molecule has 0 spiro atoms. The zero-order valence-electron chi connectivity index (χ0n) is 7.27. The van der Waals surface area contributed by atoms with E-state index in [4.69, 9.17) is 15.2 Å². The fourth-order valence-electron chi connectivity index (χ4n) is 1.30. The van der Waals surface area contributed by atoms with E-state index in [0.29, 0.717) is 12.4 Å². The Bertz CT molecular complexity index is 285. The highest BCUT2D eigenvalue weighted by Gasteiger charge is 2.16. The zero-order chi connectivity index (χ0) is 9.10. The average molecular weight is 180 g/mol. The third-order valence-corrected chi connectivity index (χ3v) is 1.94. The summed E-state index contributed by atoms with van der Waals surface area (Å²) in [4.78, 5) is 3.88. The fraction of sp³-hybridized carbons (Fsp3) is 0.444. The minimum atomic E-state index is 0.168. The number of anilines is 1. The molecule has 1 aromatic heterocycles. The van der Waals surface area contributed by atoms with Crippen molar-refractivity contribution < 1.29 is 9.47 Å². The van der Waals surface area contributed by atoms with E-state index in [1.807, 2.05) is 0 Å². The Balaban J connectivity index is 2.00. The third-order valence-electron chi connectivity index (χ3n) is 1.94. The van der Waals surface area contributed by atoms with Crippen LogP contribution in [-0.4, -0.2) is 24.3 Å². The minimum Gasteiger partial charge on any atom is -0.488 e. The lowest BCUT2D eigenvalue weighted by atomic mass is 10.3. The average Bonchev–Trinajstić information content (AvgIpc) is 2.57. The summed E-state index contributed by atoms with van der Waals surface area (Å²) in [6, 6.07) is 3.52. The first-order valence-corrected chi connectivity index (χ1v) is 4.30. The fourth-order valence-corrected chi connectivity index (χ4v) is 1.30. The standard InChI is InChI=1S/C9H12N2O2/c10-9-5-7(1-3-11-9)13-8-2-4-12-6-8/h1,3,5,8H,2,4,6H2,(H2,10,11). The van der Waals surface area contributed by atoms with Crippen molar-refractivity contribution in [2.24, 2.45) is 0 Å².